The van der Waals surface area contributed by atoms with Gasteiger partial charge in [0.05, 0.1) is 0 Å². The fraction of sp³-hybridized carbons (Fsp3) is 0.692. The van der Waals surface area contributed by atoms with Crippen LogP contribution in [0.3, 0.4) is 0 Å². The average Bonchev–Trinajstić information content (AvgIpc) is 2.28. The molecule has 1 aromatic heterocycles. The molecule has 0 saturated carbocycles. The Balaban J connectivity index is 3.12. The van der Waals surface area contributed by atoms with Gasteiger partial charge in [-0.1, -0.05) is 27.7 Å². The topological polar surface area (TPSA) is 55.0 Å². The molecule has 0 aliphatic heterocycles. The van der Waals surface area contributed by atoms with Crippen LogP contribution in [-0.4, -0.2) is 23.1 Å². The summed E-state index contributed by atoms with van der Waals surface area (Å²) in [5.41, 5.74) is 7.05. The fourth-order valence-corrected chi connectivity index (χ4v) is 2.07. The van der Waals surface area contributed by atoms with Crippen molar-refractivity contribution in [3.63, 3.8) is 0 Å². The van der Waals surface area contributed by atoms with E-state index in [9.17, 15) is 0 Å². The van der Waals surface area contributed by atoms with Crippen molar-refractivity contribution >= 4 is 11.6 Å². The van der Waals surface area contributed by atoms with Crippen molar-refractivity contribution in [3.05, 3.63) is 11.9 Å². The maximum atomic E-state index is 5.97. The first-order valence-corrected chi connectivity index (χ1v) is 6.47. The number of nitrogens with two attached hydrogens (primary N) is 1. The first-order chi connectivity index (χ1) is 8.11. The fourth-order valence-electron chi connectivity index (χ4n) is 2.07. The van der Waals surface area contributed by atoms with Crippen LogP contribution in [0.25, 0.3) is 0 Å². The minimum Gasteiger partial charge on any atom is -0.383 e. The monoisotopic (exact) mass is 236 g/mol. The van der Waals surface area contributed by atoms with E-state index in [1.807, 2.05) is 0 Å². The van der Waals surface area contributed by atoms with Crippen molar-refractivity contribution in [2.45, 2.75) is 46.5 Å². The summed E-state index contributed by atoms with van der Waals surface area (Å²) in [5, 5.41) is 0. The Bertz CT molecular complexity index is 343. The van der Waals surface area contributed by atoms with E-state index >= 15 is 0 Å². The van der Waals surface area contributed by atoms with Gasteiger partial charge >= 0.3 is 0 Å². The molecule has 1 rings (SSSR count). The lowest BCUT2D eigenvalue weighted by Crippen LogP contribution is -2.28. The molecule has 0 spiro atoms. The number of nitrogens with zero attached hydrogens (tertiary/aromatic N) is 3. The molecule has 1 aromatic rings. The zero-order valence-corrected chi connectivity index (χ0v) is 11.4. The molecule has 2 N–H and O–H groups in total. The van der Waals surface area contributed by atoms with Crippen molar-refractivity contribution in [2.75, 3.05) is 23.7 Å². The Morgan fingerprint density at radius 3 is 2.24 bits per heavy atom. The number of aromatic nitrogens is 2. The molecule has 0 aliphatic rings. The quantitative estimate of drug-likeness (QED) is 0.825. The van der Waals surface area contributed by atoms with Gasteiger partial charge in [-0.3, -0.25) is 0 Å². The van der Waals surface area contributed by atoms with E-state index in [2.05, 4.69) is 42.6 Å². The summed E-state index contributed by atoms with van der Waals surface area (Å²) >= 11 is 0. The molecule has 1 heterocycles. The normalized spacial score (nSPS) is 10.9. The highest BCUT2D eigenvalue weighted by molar-refractivity contribution is 5.58. The van der Waals surface area contributed by atoms with Gasteiger partial charge in [0.25, 0.3) is 0 Å². The maximum absolute atomic E-state index is 5.97. The standard InChI is InChI=1S/C13H24N4/c1-5-7-17(8-6-2)13-11(10(3)4)12(14)15-9-16-13/h9-10H,5-8H2,1-4H3,(H2,14,15,16). The number of hydrogen-bond donors (Lipinski definition) is 1. The lowest BCUT2D eigenvalue weighted by Gasteiger charge is -2.26. The predicted octanol–water partition coefficient (Wildman–Crippen LogP) is 2.81. The van der Waals surface area contributed by atoms with E-state index in [1.165, 1.54) is 0 Å². The molecule has 0 fully saturated rings. The summed E-state index contributed by atoms with van der Waals surface area (Å²) in [6, 6.07) is 0. The third-order valence-corrected chi connectivity index (χ3v) is 2.76. The van der Waals surface area contributed by atoms with Crippen LogP contribution in [0.4, 0.5) is 11.6 Å². The Hall–Kier alpha value is -1.32. The van der Waals surface area contributed by atoms with Crippen LogP contribution in [0.15, 0.2) is 6.33 Å². The molecule has 0 atom stereocenters. The van der Waals surface area contributed by atoms with Crippen LogP contribution < -0.4 is 10.6 Å². The first kappa shape index (κ1) is 13.7. The van der Waals surface area contributed by atoms with Gasteiger partial charge in [-0.15, -0.1) is 0 Å². The highest BCUT2D eigenvalue weighted by Crippen LogP contribution is 2.29. The van der Waals surface area contributed by atoms with E-state index in [1.54, 1.807) is 6.33 Å². The summed E-state index contributed by atoms with van der Waals surface area (Å²) in [5.74, 6) is 1.97. The highest BCUT2D eigenvalue weighted by atomic mass is 15.2. The summed E-state index contributed by atoms with van der Waals surface area (Å²) < 4.78 is 0. The van der Waals surface area contributed by atoms with Crippen molar-refractivity contribution in [1.82, 2.24) is 9.97 Å². The molecule has 0 aliphatic carbocycles. The predicted molar refractivity (Wildman–Crippen MR) is 73.3 cm³/mol. The van der Waals surface area contributed by atoms with Crippen molar-refractivity contribution < 1.29 is 0 Å². The van der Waals surface area contributed by atoms with Crippen molar-refractivity contribution in [3.8, 4) is 0 Å². The third-order valence-electron chi connectivity index (χ3n) is 2.76. The average molecular weight is 236 g/mol. The van der Waals surface area contributed by atoms with Gasteiger partial charge in [-0.05, 0) is 18.8 Å². The van der Waals surface area contributed by atoms with Crippen LogP contribution in [0.2, 0.25) is 0 Å². The first-order valence-electron chi connectivity index (χ1n) is 6.47. The largest absolute Gasteiger partial charge is 0.383 e. The minimum absolute atomic E-state index is 0.349. The van der Waals surface area contributed by atoms with E-state index in [0.717, 1.165) is 37.3 Å². The van der Waals surface area contributed by atoms with Crippen molar-refractivity contribution in [2.24, 2.45) is 0 Å². The van der Waals surface area contributed by atoms with E-state index < -0.39 is 0 Å². The van der Waals surface area contributed by atoms with Gasteiger partial charge in [0, 0.05) is 18.7 Å². The van der Waals surface area contributed by atoms with E-state index in [4.69, 9.17) is 5.73 Å². The lowest BCUT2D eigenvalue weighted by molar-refractivity contribution is 0.717. The van der Waals surface area contributed by atoms with Crippen LogP contribution in [0.5, 0.6) is 0 Å². The Morgan fingerprint density at radius 2 is 1.76 bits per heavy atom. The second kappa shape index (κ2) is 6.42. The molecule has 0 amide bonds. The van der Waals surface area contributed by atoms with Crippen LogP contribution in [-0.2, 0) is 0 Å². The molecule has 0 saturated heterocycles. The minimum atomic E-state index is 0.349. The van der Waals surface area contributed by atoms with Gasteiger partial charge < -0.3 is 10.6 Å². The zero-order valence-electron chi connectivity index (χ0n) is 11.4. The summed E-state index contributed by atoms with van der Waals surface area (Å²) in [6.07, 6.45) is 3.79. The summed E-state index contributed by atoms with van der Waals surface area (Å²) in [4.78, 5) is 10.8. The van der Waals surface area contributed by atoms with Gasteiger partial charge in [-0.2, -0.15) is 0 Å². The molecule has 0 unspecified atom stereocenters. The molecule has 4 nitrogen and oxygen atoms in total. The lowest BCUT2D eigenvalue weighted by atomic mass is 10.0. The summed E-state index contributed by atoms with van der Waals surface area (Å²) in [7, 11) is 0. The van der Waals surface area contributed by atoms with Gasteiger partial charge in [0.2, 0.25) is 0 Å². The van der Waals surface area contributed by atoms with E-state index in [-0.39, 0.29) is 0 Å². The van der Waals surface area contributed by atoms with Crippen LogP contribution in [0.1, 0.15) is 52.0 Å². The molecule has 0 bridgehead atoms. The number of rotatable bonds is 6. The number of anilines is 2. The Morgan fingerprint density at radius 1 is 1.18 bits per heavy atom. The molecule has 96 valence electrons. The molecule has 0 aromatic carbocycles. The van der Waals surface area contributed by atoms with Gasteiger partial charge in [-0.25, -0.2) is 9.97 Å². The highest BCUT2D eigenvalue weighted by Gasteiger charge is 2.17. The smallest absolute Gasteiger partial charge is 0.137 e. The zero-order chi connectivity index (χ0) is 12.8. The van der Waals surface area contributed by atoms with Crippen molar-refractivity contribution in [1.29, 1.82) is 0 Å². The van der Waals surface area contributed by atoms with E-state index in [0.29, 0.717) is 11.7 Å². The third kappa shape index (κ3) is 3.32. The van der Waals surface area contributed by atoms with Crippen LogP contribution >= 0.6 is 0 Å². The Labute approximate surface area is 104 Å². The second-order valence-corrected chi connectivity index (χ2v) is 4.64. The molecule has 4 heteroatoms. The Kier molecular flexibility index (Phi) is 5.19. The number of nitrogen functional groups attached to an aromatic ring is 1. The molecule has 0 radical (unpaired) electrons. The van der Waals surface area contributed by atoms with Crippen LogP contribution in [0, 0.1) is 0 Å². The number of hydrogen-bond acceptors (Lipinski definition) is 4. The molecule has 17 heavy (non-hydrogen) atoms. The molecular weight excluding hydrogens is 212 g/mol. The molecular formula is C13H24N4. The SMILES string of the molecule is CCCN(CCC)c1ncnc(N)c1C(C)C. The summed E-state index contributed by atoms with van der Waals surface area (Å²) in [6.45, 7) is 10.7. The van der Waals surface area contributed by atoms with Gasteiger partial charge in [0.1, 0.15) is 18.0 Å². The van der Waals surface area contributed by atoms with Gasteiger partial charge in [0.15, 0.2) is 0 Å². The second-order valence-electron chi connectivity index (χ2n) is 4.64. The maximum Gasteiger partial charge on any atom is 0.137 e.